The number of halogens is 1. The van der Waals surface area contributed by atoms with Gasteiger partial charge in [0.25, 0.3) is 0 Å². The van der Waals surface area contributed by atoms with Crippen molar-refractivity contribution in [3.63, 3.8) is 0 Å². The highest BCUT2D eigenvalue weighted by Crippen LogP contribution is 2.27. The Hall–Kier alpha value is -2.07. The zero-order chi connectivity index (χ0) is 12.3. The number of nitrogen functional groups attached to an aromatic ring is 1. The van der Waals surface area contributed by atoms with Crippen LogP contribution in [0.5, 0.6) is 11.5 Å². The zero-order valence-electron chi connectivity index (χ0n) is 9.06. The van der Waals surface area contributed by atoms with Crippen LogP contribution < -0.4 is 10.5 Å². The van der Waals surface area contributed by atoms with Gasteiger partial charge in [0, 0.05) is 23.4 Å². The topological polar surface area (TPSA) is 55.5 Å². The predicted octanol–water partition coefficient (Wildman–Crippen LogP) is 2.69. The van der Waals surface area contributed by atoms with E-state index in [1.54, 1.807) is 24.3 Å². The molecule has 0 saturated carbocycles. The molecule has 0 fully saturated rings. The highest BCUT2D eigenvalue weighted by atomic mass is 19.1. The van der Waals surface area contributed by atoms with Crippen LogP contribution in [0.1, 0.15) is 5.56 Å². The average Bonchev–Trinajstić information content (AvgIpc) is 2.28. The fourth-order valence-corrected chi connectivity index (χ4v) is 1.50. The van der Waals surface area contributed by atoms with E-state index in [4.69, 9.17) is 15.6 Å². The van der Waals surface area contributed by atoms with Crippen molar-refractivity contribution in [2.24, 2.45) is 0 Å². The second-order valence-electron chi connectivity index (χ2n) is 3.59. The van der Waals surface area contributed by atoms with Crippen LogP contribution in [0.4, 0.5) is 10.1 Å². The molecule has 17 heavy (non-hydrogen) atoms. The number of benzene rings is 2. The molecule has 0 aliphatic rings. The van der Waals surface area contributed by atoms with Crippen molar-refractivity contribution in [1.82, 2.24) is 0 Å². The van der Waals surface area contributed by atoms with Crippen LogP contribution in [0.2, 0.25) is 0 Å². The van der Waals surface area contributed by atoms with Crippen LogP contribution in [0.15, 0.2) is 42.5 Å². The quantitative estimate of drug-likeness (QED) is 0.801. The summed E-state index contributed by atoms with van der Waals surface area (Å²) in [5, 5.41) is 9.13. The average molecular weight is 233 g/mol. The van der Waals surface area contributed by atoms with E-state index in [1.807, 2.05) is 0 Å². The van der Waals surface area contributed by atoms with Crippen molar-refractivity contribution >= 4 is 5.69 Å². The number of hydrogen-bond donors (Lipinski definition) is 2. The molecule has 0 heterocycles. The number of hydrogen-bond acceptors (Lipinski definition) is 3. The van der Waals surface area contributed by atoms with E-state index < -0.39 is 5.82 Å². The van der Waals surface area contributed by atoms with Gasteiger partial charge in [-0.05, 0) is 12.1 Å². The normalized spacial score (nSPS) is 10.2. The van der Waals surface area contributed by atoms with E-state index in [1.165, 1.54) is 18.2 Å². The maximum absolute atomic E-state index is 13.1. The Morgan fingerprint density at radius 3 is 2.65 bits per heavy atom. The molecule has 0 saturated heterocycles. The van der Waals surface area contributed by atoms with Gasteiger partial charge in [0.15, 0.2) is 0 Å². The number of rotatable bonds is 3. The van der Waals surface area contributed by atoms with Crippen molar-refractivity contribution < 1.29 is 14.2 Å². The summed E-state index contributed by atoms with van der Waals surface area (Å²) < 4.78 is 18.6. The lowest BCUT2D eigenvalue weighted by molar-refractivity contribution is 0.276. The molecule has 0 unspecified atom stereocenters. The number of ether oxygens (including phenoxy) is 1. The molecular weight excluding hydrogens is 221 g/mol. The largest absolute Gasteiger partial charge is 0.457 e. The Kier molecular flexibility index (Phi) is 3.25. The molecule has 0 bridgehead atoms. The van der Waals surface area contributed by atoms with Crippen LogP contribution in [-0.4, -0.2) is 5.11 Å². The Morgan fingerprint density at radius 1 is 1.18 bits per heavy atom. The molecule has 2 aromatic rings. The molecule has 0 radical (unpaired) electrons. The van der Waals surface area contributed by atoms with Crippen molar-refractivity contribution in [2.45, 2.75) is 6.61 Å². The van der Waals surface area contributed by atoms with Gasteiger partial charge >= 0.3 is 0 Å². The molecule has 2 rings (SSSR count). The first kappa shape index (κ1) is 11.4. The van der Waals surface area contributed by atoms with Crippen molar-refractivity contribution in [2.75, 3.05) is 5.73 Å². The fraction of sp³-hybridized carbons (Fsp3) is 0.0769. The van der Waals surface area contributed by atoms with Gasteiger partial charge in [-0.3, -0.25) is 0 Å². The van der Waals surface area contributed by atoms with Crippen LogP contribution in [0.25, 0.3) is 0 Å². The van der Waals surface area contributed by atoms with E-state index in [9.17, 15) is 4.39 Å². The van der Waals surface area contributed by atoms with Crippen LogP contribution in [-0.2, 0) is 6.61 Å². The Morgan fingerprint density at radius 2 is 1.94 bits per heavy atom. The van der Waals surface area contributed by atoms with Crippen molar-refractivity contribution in [3.8, 4) is 11.5 Å². The standard InChI is InChI=1S/C13H12FNO2/c14-10-5-11(15)7-12(6-10)17-13-4-2-1-3-9(13)8-16/h1-7,16H,8,15H2. The molecule has 2 aromatic carbocycles. The summed E-state index contributed by atoms with van der Waals surface area (Å²) in [6, 6.07) is 11.0. The molecule has 0 aliphatic heterocycles. The monoisotopic (exact) mass is 233 g/mol. The summed E-state index contributed by atoms with van der Waals surface area (Å²) in [6.45, 7) is -0.138. The maximum Gasteiger partial charge on any atom is 0.132 e. The van der Waals surface area contributed by atoms with E-state index in [2.05, 4.69) is 0 Å². The Labute approximate surface area is 98.3 Å². The van der Waals surface area contributed by atoms with Crippen LogP contribution >= 0.6 is 0 Å². The fourth-order valence-electron chi connectivity index (χ4n) is 1.50. The molecule has 3 nitrogen and oxygen atoms in total. The molecule has 0 spiro atoms. The molecule has 0 aliphatic carbocycles. The minimum absolute atomic E-state index is 0.138. The number of nitrogens with two attached hydrogens (primary N) is 1. The van der Waals surface area contributed by atoms with E-state index >= 15 is 0 Å². The highest BCUT2D eigenvalue weighted by molar-refractivity contribution is 5.46. The lowest BCUT2D eigenvalue weighted by Gasteiger charge is -2.10. The number of para-hydroxylation sites is 1. The van der Waals surface area contributed by atoms with Gasteiger partial charge < -0.3 is 15.6 Å². The molecule has 0 atom stereocenters. The summed E-state index contributed by atoms with van der Waals surface area (Å²) in [5.74, 6) is 0.338. The summed E-state index contributed by atoms with van der Waals surface area (Å²) in [4.78, 5) is 0. The summed E-state index contributed by atoms with van der Waals surface area (Å²) in [7, 11) is 0. The van der Waals surface area contributed by atoms with Gasteiger partial charge in [-0.25, -0.2) is 4.39 Å². The van der Waals surface area contributed by atoms with E-state index in [0.717, 1.165) is 0 Å². The number of anilines is 1. The molecule has 4 heteroatoms. The Bertz CT molecular complexity index is 508. The molecule has 0 aromatic heterocycles. The minimum atomic E-state index is -0.457. The zero-order valence-corrected chi connectivity index (χ0v) is 9.06. The second kappa shape index (κ2) is 4.84. The van der Waals surface area contributed by atoms with Crippen molar-refractivity contribution in [1.29, 1.82) is 0 Å². The first-order valence-electron chi connectivity index (χ1n) is 5.12. The third-order valence-electron chi connectivity index (χ3n) is 2.26. The van der Waals surface area contributed by atoms with Gasteiger partial charge in [0.2, 0.25) is 0 Å². The van der Waals surface area contributed by atoms with Crippen LogP contribution in [0.3, 0.4) is 0 Å². The molecule has 88 valence electrons. The van der Waals surface area contributed by atoms with Crippen LogP contribution in [0, 0.1) is 5.82 Å². The number of aliphatic hydroxyl groups is 1. The SMILES string of the molecule is Nc1cc(F)cc(Oc2ccccc2CO)c1. The van der Waals surface area contributed by atoms with Gasteiger partial charge in [-0.1, -0.05) is 18.2 Å². The summed E-state index contributed by atoms with van der Waals surface area (Å²) >= 11 is 0. The highest BCUT2D eigenvalue weighted by Gasteiger charge is 2.05. The first-order valence-corrected chi connectivity index (χ1v) is 5.12. The molecule has 0 amide bonds. The second-order valence-corrected chi connectivity index (χ2v) is 3.59. The molecule has 3 N–H and O–H groups in total. The van der Waals surface area contributed by atoms with E-state index in [0.29, 0.717) is 22.7 Å². The third kappa shape index (κ3) is 2.73. The summed E-state index contributed by atoms with van der Waals surface area (Å²) in [5.41, 5.74) is 6.44. The maximum atomic E-state index is 13.1. The predicted molar refractivity (Wildman–Crippen MR) is 63.3 cm³/mol. The lowest BCUT2D eigenvalue weighted by Crippen LogP contribution is -1.93. The Balaban J connectivity index is 2.31. The van der Waals surface area contributed by atoms with Gasteiger partial charge in [0.05, 0.1) is 6.61 Å². The smallest absolute Gasteiger partial charge is 0.132 e. The summed E-state index contributed by atoms with van der Waals surface area (Å²) in [6.07, 6.45) is 0. The van der Waals surface area contributed by atoms with Gasteiger partial charge in [-0.2, -0.15) is 0 Å². The van der Waals surface area contributed by atoms with Gasteiger partial charge in [0.1, 0.15) is 17.3 Å². The van der Waals surface area contributed by atoms with Gasteiger partial charge in [-0.15, -0.1) is 0 Å². The molecular formula is C13H12FNO2. The van der Waals surface area contributed by atoms with Crippen molar-refractivity contribution in [3.05, 3.63) is 53.8 Å². The lowest BCUT2D eigenvalue weighted by atomic mass is 10.2. The minimum Gasteiger partial charge on any atom is -0.457 e. The van der Waals surface area contributed by atoms with E-state index in [-0.39, 0.29) is 6.61 Å². The first-order chi connectivity index (χ1) is 8.19. The third-order valence-corrected chi connectivity index (χ3v) is 2.26. The number of aliphatic hydroxyl groups excluding tert-OH is 1.